The van der Waals surface area contributed by atoms with Crippen molar-refractivity contribution in [2.75, 3.05) is 14.2 Å². The molecule has 1 aromatic heterocycles. The summed E-state index contributed by atoms with van der Waals surface area (Å²) in [6, 6.07) is 7.27. The SMILES string of the molecule is COc1nc2c(OC)cccc2cc1C=O. The number of aromatic nitrogens is 1. The summed E-state index contributed by atoms with van der Waals surface area (Å²) in [4.78, 5) is 15.1. The first-order valence-corrected chi connectivity index (χ1v) is 4.77. The van der Waals surface area contributed by atoms with Gasteiger partial charge < -0.3 is 9.47 Å². The van der Waals surface area contributed by atoms with Gasteiger partial charge >= 0.3 is 0 Å². The van der Waals surface area contributed by atoms with Crippen LogP contribution in [0.3, 0.4) is 0 Å². The van der Waals surface area contributed by atoms with Crippen LogP contribution in [0.15, 0.2) is 24.3 Å². The summed E-state index contributed by atoms with van der Waals surface area (Å²) in [5, 5.41) is 0.849. The van der Waals surface area contributed by atoms with Crippen molar-refractivity contribution >= 4 is 17.2 Å². The summed E-state index contributed by atoms with van der Waals surface area (Å²) >= 11 is 0. The van der Waals surface area contributed by atoms with Crippen LogP contribution in [0.4, 0.5) is 0 Å². The lowest BCUT2D eigenvalue weighted by molar-refractivity contribution is 0.112. The highest BCUT2D eigenvalue weighted by Crippen LogP contribution is 2.27. The van der Waals surface area contributed by atoms with Crippen molar-refractivity contribution < 1.29 is 14.3 Å². The average molecular weight is 217 g/mol. The molecule has 0 unspecified atom stereocenters. The molecule has 0 aliphatic carbocycles. The zero-order valence-electron chi connectivity index (χ0n) is 9.06. The van der Waals surface area contributed by atoms with Crippen molar-refractivity contribution in [3.63, 3.8) is 0 Å². The average Bonchev–Trinajstić information content (AvgIpc) is 2.36. The second-order valence-electron chi connectivity index (χ2n) is 3.24. The first-order valence-electron chi connectivity index (χ1n) is 4.77. The van der Waals surface area contributed by atoms with E-state index in [1.165, 1.54) is 7.11 Å². The van der Waals surface area contributed by atoms with Gasteiger partial charge in [0.15, 0.2) is 6.29 Å². The zero-order valence-corrected chi connectivity index (χ0v) is 9.06. The molecule has 0 aliphatic rings. The third kappa shape index (κ3) is 1.58. The lowest BCUT2D eigenvalue weighted by Gasteiger charge is -2.07. The Morgan fingerprint density at radius 2 is 2.06 bits per heavy atom. The van der Waals surface area contributed by atoms with Crippen molar-refractivity contribution in [3.05, 3.63) is 29.8 Å². The van der Waals surface area contributed by atoms with Gasteiger partial charge in [-0.15, -0.1) is 0 Å². The van der Waals surface area contributed by atoms with E-state index in [0.29, 0.717) is 22.7 Å². The largest absolute Gasteiger partial charge is 0.494 e. The fourth-order valence-corrected chi connectivity index (χ4v) is 1.58. The molecule has 0 spiro atoms. The number of methoxy groups -OCH3 is 2. The highest BCUT2D eigenvalue weighted by molar-refractivity contribution is 5.91. The van der Waals surface area contributed by atoms with E-state index in [9.17, 15) is 4.79 Å². The van der Waals surface area contributed by atoms with Gasteiger partial charge in [-0.3, -0.25) is 4.79 Å². The molecule has 0 amide bonds. The van der Waals surface area contributed by atoms with Crippen LogP contribution >= 0.6 is 0 Å². The van der Waals surface area contributed by atoms with Crippen LogP contribution in [-0.2, 0) is 0 Å². The van der Waals surface area contributed by atoms with Gasteiger partial charge in [0.25, 0.3) is 0 Å². The third-order valence-corrected chi connectivity index (χ3v) is 2.34. The monoisotopic (exact) mass is 217 g/mol. The molecule has 0 radical (unpaired) electrons. The zero-order chi connectivity index (χ0) is 11.5. The van der Waals surface area contributed by atoms with E-state index in [1.807, 2.05) is 18.2 Å². The summed E-state index contributed by atoms with van der Waals surface area (Å²) in [5.41, 5.74) is 1.12. The van der Waals surface area contributed by atoms with Crippen LogP contribution in [0.5, 0.6) is 11.6 Å². The maximum absolute atomic E-state index is 10.8. The number of carbonyl (C=O) groups excluding carboxylic acids is 1. The van der Waals surface area contributed by atoms with Gasteiger partial charge in [0.2, 0.25) is 5.88 Å². The Morgan fingerprint density at radius 1 is 1.25 bits per heavy atom. The highest BCUT2D eigenvalue weighted by Gasteiger charge is 2.09. The highest BCUT2D eigenvalue weighted by atomic mass is 16.5. The van der Waals surface area contributed by atoms with E-state index in [0.717, 1.165) is 11.7 Å². The first kappa shape index (κ1) is 10.4. The number of nitrogens with zero attached hydrogens (tertiary/aromatic N) is 1. The summed E-state index contributed by atoms with van der Waals surface area (Å²) in [6.07, 6.45) is 0.727. The first-order chi connectivity index (χ1) is 7.80. The van der Waals surface area contributed by atoms with Gasteiger partial charge in [-0.25, -0.2) is 4.98 Å². The Balaban J connectivity index is 2.77. The molecule has 4 nitrogen and oxygen atoms in total. The second-order valence-corrected chi connectivity index (χ2v) is 3.24. The number of rotatable bonds is 3. The predicted octanol–water partition coefficient (Wildman–Crippen LogP) is 2.06. The number of hydrogen-bond donors (Lipinski definition) is 0. The second kappa shape index (κ2) is 4.18. The number of benzene rings is 1. The summed E-state index contributed by atoms with van der Waals surface area (Å²) < 4.78 is 10.2. The Labute approximate surface area is 92.8 Å². The Morgan fingerprint density at radius 3 is 2.69 bits per heavy atom. The Hall–Kier alpha value is -2.10. The number of para-hydroxylation sites is 1. The van der Waals surface area contributed by atoms with Crippen molar-refractivity contribution in [3.8, 4) is 11.6 Å². The molecule has 4 heteroatoms. The number of ether oxygens (including phenoxy) is 2. The molecule has 0 saturated carbocycles. The molecule has 16 heavy (non-hydrogen) atoms. The van der Waals surface area contributed by atoms with E-state index in [2.05, 4.69) is 4.98 Å². The minimum atomic E-state index is 0.312. The fraction of sp³-hybridized carbons (Fsp3) is 0.167. The Kier molecular flexibility index (Phi) is 2.72. The minimum Gasteiger partial charge on any atom is -0.494 e. The molecule has 0 saturated heterocycles. The number of fused-ring (bicyclic) bond motifs is 1. The predicted molar refractivity (Wildman–Crippen MR) is 60.2 cm³/mol. The molecule has 0 aliphatic heterocycles. The molecule has 0 bridgehead atoms. The van der Waals surface area contributed by atoms with Crippen molar-refractivity contribution in [1.82, 2.24) is 4.98 Å². The fourth-order valence-electron chi connectivity index (χ4n) is 1.58. The van der Waals surface area contributed by atoms with Gasteiger partial charge in [0, 0.05) is 5.39 Å². The number of hydrogen-bond acceptors (Lipinski definition) is 4. The van der Waals surface area contributed by atoms with E-state index < -0.39 is 0 Å². The van der Waals surface area contributed by atoms with Crippen molar-refractivity contribution in [1.29, 1.82) is 0 Å². The molecule has 0 fully saturated rings. The molecule has 82 valence electrons. The smallest absolute Gasteiger partial charge is 0.224 e. The van der Waals surface area contributed by atoms with E-state index >= 15 is 0 Å². The maximum atomic E-state index is 10.8. The molecule has 1 heterocycles. The Bertz CT molecular complexity index is 537. The summed E-state index contributed by atoms with van der Waals surface area (Å²) in [6.45, 7) is 0. The summed E-state index contributed by atoms with van der Waals surface area (Å²) in [7, 11) is 3.06. The van der Waals surface area contributed by atoms with E-state index in [-0.39, 0.29) is 0 Å². The standard InChI is InChI=1S/C12H11NO3/c1-15-10-5-3-4-8-6-9(7-14)12(16-2)13-11(8)10/h3-7H,1-2H3. The lowest BCUT2D eigenvalue weighted by atomic mass is 10.1. The molecule has 0 N–H and O–H groups in total. The van der Waals surface area contributed by atoms with Gasteiger partial charge in [0.05, 0.1) is 19.8 Å². The molecule has 2 aromatic rings. The quantitative estimate of drug-likeness (QED) is 0.738. The van der Waals surface area contributed by atoms with Gasteiger partial charge in [0.1, 0.15) is 11.3 Å². The maximum Gasteiger partial charge on any atom is 0.224 e. The molecule has 2 rings (SSSR count). The van der Waals surface area contributed by atoms with E-state index in [1.54, 1.807) is 13.2 Å². The molecular weight excluding hydrogens is 206 g/mol. The van der Waals surface area contributed by atoms with Crippen LogP contribution in [0.25, 0.3) is 10.9 Å². The number of carbonyl (C=O) groups is 1. The van der Waals surface area contributed by atoms with Crippen molar-refractivity contribution in [2.24, 2.45) is 0 Å². The third-order valence-electron chi connectivity index (χ3n) is 2.34. The normalized spacial score (nSPS) is 10.1. The van der Waals surface area contributed by atoms with Crippen LogP contribution in [0.2, 0.25) is 0 Å². The lowest BCUT2D eigenvalue weighted by Crippen LogP contribution is -1.96. The van der Waals surface area contributed by atoms with Crippen LogP contribution in [-0.4, -0.2) is 25.5 Å². The van der Waals surface area contributed by atoms with Crippen LogP contribution in [0.1, 0.15) is 10.4 Å². The summed E-state index contributed by atoms with van der Waals surface area (Å²) in [5.74, 6) is 0.972. The topological polar surface area (TPSA) is 48.4 Å². The van der Waals surface area contributed by atoms with Gasteiger partial charge in [-0.1, -0.05) is 12.1 Å². The van der Waals surface area contributed by atoms with Gasteiger partial charge in [-0.05, 0) is 12.1 Å². The molecule has 0 atom stereocenters. The van der Waals surface area contributed by atoms with Crippen LogP contribution in [0, 0.1) is 0 Å². The molecule has 1 aromatic carbocycles. The minimum absolute atomic E-state index is 0.312. The molecular formula is C12H11NO3. The van der Waals surface area contributed by atoms with Crippen LogP contribution < -0.4 is 9.47 Å². The van der Waals surface area contributed by atoms with Gasteiger partial charge in [-0.2, -0.15) is 0 Å². The van der Waals surface area contributed by atoms with Crippen molar-refractivity contribution in [2.45, 2.75) is 0 Å². The number of aldehydes is 1. The number of pyridine rings is 1. The van der Waals surface area contributed by atoms with E-state index in [4.69, 9.17) is 9.47 Å².